The first-order chi connectivity index (χ1) is 13.1. The lowest BCUT2D eigenvalue weighted by Gasteiger charge is -2.29. The number of nitrogens with two attached hydrogens (primary N) is 1. The van der Waals surface area contributed by atoms with Gasteiger partial charge in [-0.25, -0.2) is 10.9 Å². The summed E-state index contributed by atoms with van der Waals surface area (Å²) in [6, 6.07) is 10.5. The van der Waals surface area contributed by atoms with Crippen LogP contribution < -0.4 is 27.4 Å². The molecule has 3 fully saturated rings. The summed E-state index contributed by atoms with van der Waals surface area (Å²) in [6.45, 7) is 0.710. The summed E-state index contributed by atoms with van der Waals surface area (Å²) >= 11 is 0. The highest BCUT2D eigenvalue weighted by Crippen LogP contribution is 2.30. The van der Waals surface area contributed by atoms with Gasteiger partial charge >= 0.3 is 0 Å². The van der Waals surface area contributed by atoms with Crippen LogP contribution in [0.2, 0.25) is 0 Å². The Morgan fingerprint density at radius 2 is 1.85 bits per heavy atom. The van der Waals surface area contributed by atoms with Crippen LogP contribution in [0.15, 0.2) is 30.3 Å². The number of hydrazine groups is 2. The fourth-order valence-electron chi connectivity index (χ4n) is 4.99. The van der Waals surface area contributed by atoms with Crippen LogP contribution in [0.3, 0.4) is 0 Å². The van der Waals surface area contributed by atoms with E-state index in [1.165, 1.54) is 32.1 Å². The van der Waals surface area contributed by atoms with Gasteiger partial charge in [-0.1, -0.05) is 49.6 Å². The molecule has 3 aliphatic rings. The first kappa shape index (κ1) is 18.8. The van der Waals surface area contributed by atoms with Crippen LogP contribution in [0.1, 0.15) is 43.6 Å². The molecule has 1 aromatic rings. The summed E-state index contributed by atoms with van der Waals surface area (Å²) in [5.74, 6) is 0.606. The molecule has 6 atom stereocenters. The molecule has 1 aliphatic carbocycles. The lowest BCUT2D eigenvalue weighted by molar-refractivity contribution is -0.132. The quantitative estimate of drug-likeness (QED) is 0.526. The zero-order valence-corrected chi connectivity index (χ0v) is 16.0. The molecule has 6 N–H and O–H groups in total. The summed E-state index contributed by atoms with van der Waals surface area (Å²) in [5.41, 5.74) is 20.4. The minimum atomic E-state index is -0.355. The molecular weight excluding hydrogens is 340 g/mol. The molecule has 2 heterocycles. The molecule has 0 spiro atoms. The number of hydrogen-bond acceptors (Lipinski definition) is 6. The number of nitrogens with zero attached hydrogens (tertiary/aromatic N) is 1. The average Bonchev–Trinajstić information content (AvgIpc) is 3.16. The summed E-state index contributed by atoms with van der Waals surface area (Å²) < 4.78 is 0. The van der Waals surface area contributed by atoms with Crippen LogP contribution in [-0.4, -0.2) is 48.7 Å². The lowest BCUT2D eigenvalue weighted by atomic mass is 9.88. The van der Waals surface area contributed by atoms with Crippen LogP contribution in [0.5, 0.6) is 0 Å². The van der Waals surface area contributed by atoms with E-state index in [1.54, 1.807) is 0 Å². The van der Waals surface area contributed by atoms with Gasteiger partial charge in [-0.3, -0.25) is 15.6 Å². The molecule has 6 unspecified atom stereocenters. The Labute approximate surface area is 161 Å². The fourth-order valence-corrected chi connectivity index (χ4v) is 4.99. The highest BCUT2D eigenvalue weighted by Gasteiger charge is 2.42. The minimum absolute atomic E-state index is 0.0820. The molecule has 1 amide bonds. The fraction of sp³-hybridized carbons (Fsp3) is 0.650. The third-order valence-corrected chi connectivity index (χ3v) is 6.49. The van der Waals surface area contributed by atoms with Gasteiger partial charge in [0.15, 0.2) is 0 Å². The topological polar surface area (TPSA) is 94.4 Å². The summed E-state index contributed by atoms with van der Waals surface area (Å²) in [4.78, 5) is 15.1. The first-order valence-corrected chi connectivity index (χ1v) is 10.2. The van der Waals surface area contributed by atoms with Crippen molar-refractivity contribution in [1.82, 2.24) is 26.6 Å². The smallest absolute Gasteiger partial charge is 0.241 e. The third-order valence-electron chi connectivity index (χ3n) is 6.49. The number of fused-ring (bicyclic) bond motifs is 1. The molecule has 0 bridgehead atoms. The number of amides is 1. The van der Waals surface area contributed by atoms with Crippen LogP contribution in [0.25, 0.3) is 0 Å². The van der Waals surface area contributed by atoms with Gasteiger partial charge in [0.1, 0.15) is 6.04 Å². The number of rotatable bonds is 4. The largest absolute Gasteiger partial charge is 0.343 e. The van der Waals surface area contributed by atoms with Crippen molar-refractivity contribution < 1.29 is 4.79 Å². The molecule has 1 saturated carbocycles. The van der Waals surface area contributed by atoms with Crippen LogP contribution >= 0.6 is 0 Å². The highest BCUT2D eigenvalue weighted by atomic mass is 16.2. The standard InChI is InChI=1S/C20H32N6O/c1-26(12-16-14-10-6-3-7-11-15(14)22-23-16)20(27)18-17(19(21)25-24-18)13-8-4-2-5-9-13/h2,4-5,8-9,14-19,22-25H,3,6-7,10-12,21H2,1H3. The van der Waals surface area contributed by atoms with E-state index in [0.29, 0.717) is 24.5 Å². The predicted octanol–water partition coefficient (Wildman–Crippen LogP) is 0.415. The Balaban J connectivity index is 1.42. The van der Waals surface area contributed by atoms with Crippen molar-refractivity contribution in [2.75, 3.05) is 13.6 Å². The Morgan fingerprint density at radius 1 is 1.07 bits per heavy atom. The second kappa shape index (κ2) is 8.24. The number of likely N-dealkylation sites (N-methyl/N-ethyl adjacent to an activating group) is 1. The zero-order chi connectivity index (χ0) is 18.8. The average molecular weight is 373 g/mol. The molecule has 0 radical (unpaired) electrons. The first-order valence-electron chi connectivity index (χ1n) is 10.2. The molecule has 0 aromatic heterocycles. The monoisotopic (exact) mass is 372 g/mol. The van der Waals surface area contributed by atoms with Gasteiger partial charge in [0.25, 0.3) is 0 Å². The third kappa shape index (κ3) is 3.88. The molecule has 2 aliphatic heterocycles. The molecule has 7 nitrogen and oxygen atoms in total. The van der Waals surface area contributed by atoms with E-state index in [4.69, 9.17) is 5.73 Å². The van der Waals surface area contributed by atoms with Gasteiger partial charge in [-0.05, 0) is 24.3 Å². The predicted molar refractivity (Wildman–Crippen MR) is 105 cm³/mol. The maximum Gasteiger partial charge on any atom is 0.241 e. The molecule has 2 saturated heterocycles. The maximum atomic E-state index is 13.2. The van der Waals surface area contributed by atoms with Crippen molar-refractivity contribution in [1.29, 1.82) is 0 Å². The molecule has 27 heavy (non-hydrogen) atoms. The van der Waals surface area contributed by atoms with Gasteiger partial charge in [0.2, 0.25) is 5.91 Å². The van der Waals surface area contributed by atoms with Gasteiger partial charge in [-0.2, -0.15) is 0 Å². The highest BCUT2D eigenvalue weighted by molar-refractivity contribution is 5.83. The van der Waals surface area contributed by atoms with Crippen molar-refractivity contribution in [2.24, 2.45) is 11.7 Å². The van der Waals surface area contributed by atoms with Crippen LogP contribution in [-0.2, 0) is 4.79 Å². The van der Waals surface area contributed by atoms with Crippen molar-refractivity contribution >= 4 is 5.91 Å². The number of carbonyl (C=O) groups excluding carboxylic acids is 1. The Kier molecular flexibility index (Phi) is 5.75. The van der Waals surface area contributed by atoms with Gasteiger partial charge in [0, 0.05) is 31.6 Å². The minimum Gasteiger partial charge on any atom is -0.343 e. The maximum absolute atomic E-state index is 13.2. The van der Waals surface area contributed by atoms with E-state index < -0.39 is 0 Å². The van der Waals surface area contributed by atoms with Crippen molar-refractivity contribution in [3.63, 3.8) is 0 Å². The van der Waals surface area contributed by atoms with E-state index in [2.05, 4.69) is 21.7 Å². The second-order valence-corrected chi connectivity index (χ2v) is 8.25. The Morgan fingerprint density at radius 3 is 2.67 bits per heavy atom. The molecule has 148 valence electrons. The van der Waals surface area contributed by atoms with Crippen molar-refractivity contribution in [2.45, 2.75) is 62.3 Å². The number of nitrogens with one attached hydrogen (secondary N) is 4. The molecular formula is C20H32N6O. The van der Waals surface area contributed by atoms with Crippen LogP contribution in [0.4, 0.5) is 0 Å². The van der Waals surface area contributed by atoms with E-state index in [-0.39, 0.29) is 24.0 Å². The zero-order valence-electron chi connectivity index (χ0n) is 16.0. The molecule has 1 aromatic carbocycles. The van der Waals surface area contributed by atoms with Gasteiger partial charge < -0.3 is 10.6 Å². The summed E-state index contributed by atoms with van der Waals surface area (Å²) in [7, 11) is 1.90. The number of hydrogen-bond donors (Lipinski definition) is 5. The molecule has 7 heteroatoms. The Hall–Kier alpha value is -1.51. The van der Waals surface area contributed by atoms with E-state index >= 15 is 0 Å². The van der Waals surface area contributed by atoms with Crippen LogP contribution in [0, 0.1) is 5.92 Å². The second-order valence-electron chi connectivity index (χ2n) is 8.25. The van der Waals surface area contributed by atoms with E-state index in [9.17, 15) is 4.79 Å². The summed E-state index contributed by atoms with van der Waals surface area (Å²) in [5, 5.41) is 0. The molecule has 4 rings (SSSR count). The van der Waals surface area contributed by atoms with E-state index in [0.717, 1.165) is 5.56 Å². The number of benzene rings is 1. The lowest BCUT2D eigenvalue weighted by Crippen LogP contribution is -2.50. The van der Waals surface area contributed by atoms with Crippen molar-refractivity contribution in [3.8, 4) is 0 Å². The normalized spacial score (nSPS) is 36.2. The van der Waals surface area contributed by atoms with Gasteiger partial charge in [0.05, 0.1) is 6.17 Å². The van der Waals surface area contributed by atoms with E-state index in [1.807, 2.05) is 42.3 Å². The number of carbonyl (C=O) groups is 1. The van der Waals surface area contributed by atoms with Gasteiger partial charge in [-0.15, -0.1) is 0 Å². The summed E-state index contributed by atoms with van der Waals surface area (Å²) in [6.07, 6.45) is 6.09. The Bertz CT molecular complexity index is 641. The SMILES string of the molecule is CN(CC1NNC2CCCCCC21)C(=O)C1NNC(N)C1c1ccccc1. The van der Waals surface area contributed by atoms with Crippen molar-refractivity contribution in [3.05, 3.63) is 35.9 Å².